The molecule has 0 aliphatic rings. The van der Waals surface area contributed by atoms with Gasteiger partial charge in [-0.1, -0.05) is 28.1 Å². The van der Waals surface area contributed by atoms with E-state index in [2.05, 4.69) is 21.2 Å². The number of esters is 1. The van der Waals surface area contributed by atoms with Crippen LogP contribution in [0.2, 0.25) is 0 Å². The fourth-order valence-corrected chi connectivity index (χ4v) is 2.37. The van der Waals surface area contributed by atoms with E-state index < -0.39 is 18.1 Å². The summed E-state index contributed by atoms with van der Waals surface area (Å²) in [6.45, 7) is 3.75. The van der Waals surface area contributed by atoms with E-state index in [0.717, 1.165) is 5.56 Å². The quantitative estimate of drug-likeness (QED) is 0.612. The minimum absolute atomic E-state index is 0.178. The maximum absolute atomic E-state index is 11.7. The number of aliphatic hydroxyl groups excluding tert-OH is 1. The van der Waals surface area contributed by atoms with E-state index in [1.807, 2.05) is 19.1 Å². The van der Waals surface area contributed by atoms with E-state index in [-0.39, 0.29) is 6.61 Å². The highest BCUT2D eigenvalue weighted by atomic mass is 79.9. The number of ether oxygens (including phenoxy) is 1. The molecular formula is C13H16BrNO4. The van der Waals surface area contributed by atoms with Gasteiger partial charge in [0.2, 0.25) is 6.41 Å². The summed E-state index contributed by atoms with van der Waals surface area (Å²) in [5, 5.41) is 12.5. The van der Waals surface area contributed by atoms with Crippen LogP contribution in [0.25, 0.3) is 0 Å². The fourth-order valence-electron chi connectivity index (χ4n) is 1.65. The SMILES string of the molecule is CCOC(=O)C(NC=O)C(O)c1ccc(C)cc1Br. The van der Waals surface area contributed by atoms with Crippen molar-refractivity contribution in [2.45, 2.75) is 26.0 Å². The van der Waals surface area contributed by atoms with Crippen LogP contribution in [0.5, 0.6) is 0 Å². The van der Waals surface area contributed by atoms with Crippen LogP contribution in [-0.4, -0.2) is 30.1 Å². The van der Waals surface area contributed by atoms with Crippen molar-refractivity contribution < 1.29 is 19.4 Å². The van der Waals surface area contributed by atoms with Gasteiger partial charge in [0.05, 0.1) is 6.61 Å². The molecular weight excluding hydrogens is 314 g/mol. The number of rotatable bonds is 6. The molecule has 2 unspecified atom stereocenters. The molecule has 0 aliphatic carbocycles. The van der Waals surface area contributed by atoms with Crippen LogP contribution in [0.3, 0.4) is 0 Å². The molecule has 19 heavy (non-hydrogen) atoms. The molecule has 0 saturated heterocycles. The average molecular weight is 330 g/mol. The molecule has 0 saturated carbocycles. The molecule has 1 rings (SSSR count). The normalized spacial score (nSPS) is 13.5. The van der Waals surface area contributed by atoms with Crippen molar-refractivity contribution >= 4 is 28.3 Å². The lowest BCUT2D eigenvalue weighted by Crippen LogP contribution is -2.42. The first-order valence-electron chi connectivity index (χ1n) is 5.81. The summed E-state index contributed by atoms with van der Waals surface area (Å²) in [5.74, 6) is -0.672. The van der Waals surface area contributed by atoms with Crippen molar-refractivity contribution in [3.05, 3.63) is 33.8 Å². The third kappa shape index (κ3) is 4.04. The number of amides is 1. The monoisotopic (exact) mass is 329 g/mol. The first-order chi connectivity index (χ1) is 9.01. The van der Waals surface area contributed by atoms with Gasteiger partial charge >= 0.3 is 5.97 Å². The van der Waals surface area contributed by atoms with Gasteiger partial charge in [-0.3, -0.25) is 4.79 Å². The van der Waals surface area contributed by atoms with Gasteiger partial charge in [0.1, 0.15) is 6.10 Å². The molecule has 0 heterocycles. The topological polar surface area (TPSA) is 75.6 Å². The summed E-state index contributed by atoms with van der Waals surface area (Å²) in [6.07, 6.45) is -0.813. The molecule has 2 atom stereocenters. The Labute approximate surface area is 120 Å². The molecule has 0 aliphatic heterocycles. The first-order valence-corrected chi connectivity index (χ1v) is 6.61. The van der Waals surface area contributed by atoms with Crippen LogP contribution in [0.15, 0.2) is 22.7 Å². The lowest BCUT2D eigenvalue weighted by Gasteiger charge is -2.22. The van der Waals surface area contributed by atoms with Crippen LogP contribution < -0.4 is 5.32 Å². The molecule has 1 aromatic rings. The van der Waals surface area contributed by atoms with Crippen LogP contribution in [-0.2, 0) is 14.3 Å². The average Bonchev–Trinajstić information content (AvgIpc) is 2.35. The van der Waals surface area contributed by atoms with Gasteiger partial charge in [-0.15, -0.1) is 0 Å². The van der Waals surface area contributed by atoms with Crippen molar-refractivity contribution in [1.82, 2.24) is 5.32 Å². The molecule has 1 aromatic carbocycles. The summed E-state index contributed by atoms with van der Waals surface area (Å²) in [7, 11) is 0. The van der Waals surface area contributed by atoms with E-state index >= 15 is 0 Å². The van der Waals surface area contributed by atoms with Gasteiger partial charge in [-0.25, -0.2) is 4.79 Å². The molecule has 5 nitrogen and oxygen atoms in total. The number of hydrogen-bond acceptors (Lipinski definition) is 4. The summed E-state index contributed by atoms with van der Waals surface area (Å²) in [6, 6.07) is 4.20. The molecule has 0 bridgehead atoms. The molecule has 1 amide bonds. The lowest BCUT2D eigenvalue weighted by atomic mass is 10.0. The minimum atomic E-state index is -1.18. The van der Waals surface area contributed by atoms with Crippen LogP contribution in [0.4, 0.5) is 0 Å². The Bertz CT molecular complexity index is 464. The number of benzene rings is 1. The van der Waals surface area contributed by atoms with Gasteiger partial charge in [-0.05, 0) is 31.0 Å². The Hall–Kier alpha value is -1.40. The summed E-state index contributed by atoms with van der Waals surface area (Å²) < 4.78 is 5.50. The Morgan fingerprint density at radius 2 is 2.26 bits per heavy atom. The van der Waals surface area contributed by atoms with Crippen molar-refractivity contribution in [2.75, 3.05) is 6.61 Å². The lowest BCUT2D eigenvalue weighted by molar-refractivity contribution is -0.149. The Morgan fingerprint density at radius 3 is 2.79 bits per heavy atom. The molecule has 0 spiro atoms. The second kappa shape index (κ2) is 7.25. The third-order valence-electron chi connectivity index (χ3n) is 2.58. The number of carbonyl (C=O) groups excluding carboxylic acids is 2. The Balaban J connectivity index is 3.01. The number of halogens is 1. The Kier molecular flexibility index (Phi) is 5.98. The number of aryl methyl sites for hydroxylation is 1. The van der Waals surface area contributed by atoms with Gasteiger partial charge < -0.3 is 15.2 Å². The highest BCUT2D eigenvalue weighted by molar-refractivity contribution is 9.10. The van der Waals surface area contributed by atoms with Gasteiger partial charge in [0, 0.05) is 4.47 Å². The van der Waals surface area contributed by atoms with Crippen LogP contribution in [0, 0.1) is 6.92 Å². The molecule has 2 N–H and O–H groups in total. The Morgan fingerprint density at radius 1 is 1.58 bits per heavy atom. The second-order valence-electron chi connectivity index (χ2n) is 3.98. The van der Waals surface area contributed by atoms with Gasteiger partial charge in [0.25, 0.3) is 0 Å². The molecule has 0 fully saturated rings. The third-order valence-corrected chi connectivity index (χ3v) is 3.27. The van der Waals surface area contributed by atoms with Crippen molar-refractivity contribution in [3.63, 3.8) is 0 Å². The molecule has 104 valence electrons. The van der Waals surface area contributed by atoms with Crippen LogP contribution >= 0.6 is 15.9 Å². The highest BCUT2D eigenvalue weighted by Gasteiger charge is 2.30. The molecule has 0 radical (unpaired) electrons. The maximum Gasteiger partial charge on any atom is 0.331 e. The van der Waals surface area contributed by atoms with Crippen molar-refractivity contribution in [1.29, 1.82) is 0 Å². The zero-order valence-corrected chi connectivity index (χ0v) is 12.3. The number of aliphatic hydroxyl groups is 1. The van der Waals surface area contributed by atoms with E-state index in [4.69, 9.17) is 4.74 Å². The highest BCUT2D eigenvalue weighted by Crippen LogP contribution is 2.27. The largest absolute Gasteiger partial charge is 0.464 e. The first kappa shape index (κ1) is 15.7. The van der Waals surface area contributed by atoms with E-state index in [1.54, 1.807) is 13.0 Å². The predicted octanol–water partition coefficient (Wildman–Crippen LogP) is 1.47. The zero-order valence-electron chi connectivity index (χ0n) is 10.7. The predicted molar refractivity (Wildman–Crippen MR) is 73.5 cm³/mol. The zero-order chi connectivity index (χ0) is 14.4. The number of carbonyl (C=O) groups is 2. The number of hydrogen-bond donors (Lipinski definition) is 2. The molecule has 0 aromatic heterocycles. The molecule has 6 heteroatoms. The standard InChI is InChI=1S/C13H16BrNO4/c1-3-19-13(18)11(15-7-16)12(17)9-5-4-8(2)6-10(9)14/h4-7,11-12,17H,3H2,1-2H3,(H,15,16). The van der Waals surface area contributed by atoms with Crippen molar-refractivity contribution in [2.24, 2.45) is 0 Å². The van der Waals surface area contributed by atoms with E-state index in [1.165, 1.54) is 0 Å². The van der Waals surface area contributed by atoms with Gasteiger partial charge in [-0.2, -0.15) is 0 Å². The van der Waals surface area contributed by atoms with Gasteiger partial charge in [0.15, 0.2) is 6.04 Å². The van der Waals surface area contributed by atoms with Crippen LogP contribution in [0.1, 0.15) is 24.2 Å². The summed E-state index contributed by atoms with van der Waals surface area (Å²) in [4.78, 5) is 22.3. The summed E-state index contributed by atoms with van der Waals surface area (Å²) in [5.41, 5.74) is 1.52. The van der Waals surface area contributed by atoms with E-state index in [9.17, 15) is 14.7 Å². The van der Waals surface area contributed by atoms with E-state index in [0.29, 0.717) is 16.4 Å². The smallest absolute Gasteiger partial charge is 0.331 e. The van der Waals surface area contributed by atoms with Crippen molar-refractivity contribution in [3.8, 4) is 0 Å². The summed E-state index contributed by atoms with van der Waals surface area (Å²) >= 11 is 3.33. The second-order valence-corrected chi connectivity index (χ2v) is 4.84. The number of nitrogens with one attached hydrogen (secondary N) is 1. The maximum atomic E-state index is 11.7. The fraction of sp³-hybridized carbons (Fsp3) is 0.385. The minimum Gasteiger partial charge on any atom is -0.464 e.